The number of amides is 2. The monoisotopic (exact) mass is 591 g/mol. The van der Waals surface area contributed by atoms with Gasteiger partial charge in [0, 0.05) is 10.6 Å². The summed E-state index contributed by atoms with van der Waals surface area (Å²) >= 11 is 8.77. The van der Waals surface area contributed by atoms with Gasteiger partial charge in [-0.15, -0.1) is 0 Å². The minimum Gasteiger partial charge on any atom is -0.493 e. The zero-order valence-electron chi connectivity index (χ0n) is 16.8. The standard InChI is InChI=1S/C21H16ClFINO6S/c1-29-16-7-11(6-15(24)19(16)31-10-18(26)30-2)8-17-20(27)25(21(28)32-17)9-12-13(22)4-3-5-14(12)23/h3-8H,9-10H2,1-2H3/b17-8-. The molecule has 2 aromatic rings. The Morgan fingerprint density at radius 3 is 2.69 bits per heavy atom. The van der Waals surface area contributed by atoms with E-state index in [9.17, 15) is 18.8 Å². The molecule has 0 aromatic heterocycles. The second-order valence-electron chi connectivity index (χ2n) is 6.37. The lowest BCUT2D eigenvalue weighted by molar-refractivity contribution is -0.143. The van der Waals surface area contributed by atoms with Gasteiger partial charge in [-0.3, -0.25) is 14.5 Å². The molecule has 11 heteroatoms. The maximum atomic E-state index is 14.1. The lowest BCUT2D eigenvalue weighted by Gasteiger charge is -2.14. The molecule has 2 aromatic carbocycles. The fraction of sp³-hybridized carbons (Fsp3) is 0.190. The number of benzene rings is 2. The maximum absolute atomic E-state index is 14.1. The summed E-state index contributed by atoms with van der Waals surface area (Å²) in [5, 5.41) is -0.393. The Labute approximate surface area is 206 Å². The van der Waals surface area contributed by atoms with Crippen molar-refractivity contribution >= 4 is 69.1 Å². The van der Waals surface area contributed by atoms with Crippen molar-refractivity contribution in [2.75, 3.05) is 20.8 Å². The number of nitrogens with zero attached hydrogens (tertiary/aromatic N) is 1. The summed E-state index contributed by atoms with van der Waals surface area (Å²) in [7, 11) is 2.69. The largest absolute Gasteiger partial charge is 0.493 e. The number of methoxy groups -OCH3 is 2. The van der Waals surface area contributed by atoms with Crippen molar-refractivity contribution in [3.63, 3.8) is 0 Å². The van der Waals surface area contributed by atoms with Crippen LogP contribution >= 0.6 is 46.0 Å². The third-order valence-electron chi connectivity index (χ3n) is 4.36. The highest BCUT2D eigenvalue weighted by atomic mass is 127. The summed E-state index contributed by atoms with van der Waals surface area (Å²) in [4.78, 5) is 37.7. The van der Waals surface area contributed by atoms with E-state index in [0.717, 1.165) is 16.7 Å². The zero-order chi connectivity index (χ0) is 23.4. The summed E-state index contributed by atoms with van der Waals surface area (Å²) in [6, 6.07) is 7.47. The Bertz CT molecular complexity index is 1110. The van der Waals surface area contributed by atoms with Crippen LogP contribution in [0.3, 0.4) is 0 Å². The molecule has 1 saturated heterocycles. The van der Waals surface area contributed by atoms with E-state index in [1.165, 1.54) is 38.5 Å². The molecule has 0 unspecified atom stereocenters. The first-order chi connectivity index (χ1) is 15.2. The van der Waals surface area contributed by atoms with Gasteiger partial charge >= 0.3 is 5.97 Å². The number of hydrogen-bond donors (Lipinski definition) is 0. The molecule has 1 fully saturated rings. The van der Waals surface area contributed by atoms with Crippen molar-refractivity contribution in [3.05, 3.63) is 60.8 Å². The van der Waals surface area contributed by atoms with Gasteiger partial charge < -0.3 is 14.2 Å². The molecule has 0 bridgehead atoms. The third kappa shape index (κ3) is 5.36. The minimum absolute atomic E-state index is 0.0704. The SMILES string of the molecule is COC(=O)COc1c(I)cc(/C=C2\SC(=O)N(Cc3c(F)cccc3Cl)C2=O)cc1OC. The normalized spacial score (nSPS) is 14.8. The number of rotatable bonds is 7. The summed E-state index contributed by atoms with van der Waals surface area (Å²) in [6.07, 6.45) is 1.53. The van der Waals surface area contributed by atoms with Crippen molar-refractivity contribution in [2.45, 2.75) is 6.54 Å². The average molecular weight is 592 g/mol. The smallest absolute Gasteiger partial charge is 0.343 e. The van der Waals surface area contributed by atoms with Gasteiger partial charge in [-0.05, 0) is 70.3 Å². The summed E-state index contributed by atoms with van der Waals surface area (Å²) < 4.78 is 30.1. The van der Waals surface area contributed by atoms with Gasteiger partial charge in [-0.2, -0.15) is 0 Å². The highest BCUT2D eigenvalue weighted by Crippen LogP contribution is 2.38. The zero-order valence-corrected chi connectivity index (χ0v) is 20.5. The maximum Gasteiger partial charge on any atom is 0.343 e. The Hall–Kier alpha value is -2.31. The van der Waals surface area contributed by atoms with Crippen molar-refractivity contribution in [2.24, 2.45) is 0 Å². The molecule has 3 rings (SSSR count). The van der Waals surface area contributed by atoms with Crippen LogP contribution < -0.4 is 9.47 Å². The van der Waals surface area contributed by atoms with Crippen molar-refractivity contribution < 1.29 is 33.0 Å². The highest BCUT2D eigenvalue weighted by Gasteiger charge is 2.36. The number of hydrogen-bond acceptors (Lipinski definition) is 7. The molecule has 0 radical (unpaired) electrons. The molecule has 2 amide bonds. The number of halogens is 3. The van der Waals surface area contributed by atoms with Crippen LogP contribution in [0.2, 0.25) is 5.02 Å². The predicted molar refractivity (Wildman–Crippen MR) is 126 cm³/mol. The molecular formula is C21H16ClFINO6S. The van der Waals surface area contributed by atoms with Gasteiger partial charge in [-0.25, -0.2) is 9.18 Å². The number of ether oxygens (including phenoxy) is 3. The fourth-order valence-electron chi connectivity index (χ4n) is 2.78. The van der Waals surface area contributed by atoms with E-state index in [-0.39, 0.29) is 28.6 Å². The van der Waals surface area contributed by atoms with Crippen LogP contribution in [0.5, 0.6) is 11.5 Å². The van der Waals surface area contributed by atoms with E-state index >= 15 is 0 Å². The molecule has 1 aliphatic heterocycles. The van der Waals surface area contributed by atoms with Crippen LogP contribution in [-0.2, 0) is 20.9 Å². The van der Waals surface area contributed by atoms with E-state index in [2.05, 4.69) is 4.74 Å². The second kappa shape index (κ2) is 10.5. The first-order valence-electron chi connectivity index (χ1n) is 9.00. The summed E-state index contributed by atoms with van der Waals surface area (Å²) in [5.41, 5.74) is 0.645. The molecule has 0 spiro atoms. The Kier molecular flexibility index (Phi) is 8.01. The topological polar surface area (TPSA) is 82.1 Å². The Balaban J connectivity index is 1.85. The van der Waals surface area contributed by atoms with E-state index in [1.807, 2.05) is 22.6 Å². The first-order valence-corrected chi connectivity index (χ1v) is 11.3. The number of esters is 1. The van der Waals surface area contributed by atoms with Gasteiger partial charge in [0.2, 0.25) is 0 Å². The van der Waals surface area contributed by atoms with Crippen LogP contribution in [0, 0.1) is 9.39 Å². The van der Waals surface area contributed by atoms with Gasteiger partial charge in [0.05, 0.1) is 29.2 Å². The van der Waals surface area contributed by atoms with Gasteiger partial charge in [0.15, 0.2) is 18.1 Å². The van der Waals surface area contributed by atoms with Gasteiger partial charge in [-0.1, -0.05) is 17.7 Å². The van der Waals surface area contributed by atoms with Crippen molar-refractivity contribution in [3.8, 4) is 11.5 Å². The quantitative estimate of drug-likeness (QED) is 0.258. The van der Waals surface area contributed by atoms with E-state index in [0.29, 0.717) is 20.6 Å². The number of carbonyl (C=O) groups is 3. The third-order valence-corrected chi connectivity index (χ3v) is 6.43. The number of imide groups is 1. The molecule has 0 saturated carbocycles. The van der Waals surface area contributed by atoms with Crippen LogP contribution in [0.15, 0.2) is 35.2 Å². The average Bonchev–Trinajstić information content (AvgIpc) is 3.01. The second-order valence-corrected chi connectivity index (χ2v) is 8.93. The summed E-state index contributed by atoms with van der Waals surface area (Å²) in [5.74, 6) is -1.01. The Morgan fingerprint density at radius 2 is 2.03 bits per heavy atom. The van der Waals surface area contributed by atoms with E-state index < -0.39 is 22.9 Å². The first kappa shape index (κ1) is 24.3. The highest BCUT2D eigenvalue weighted by molar-refractivity contribution is 14.1. The molecule has 1 heterocycles. The Morgan fingerprint density at radius 1 is 1.28 bits per heavy atom. The van der Waals surface area contributed by atoms with Crippen molar-refractivity contribution in [1.82, 2.24) is 4.90 Å². The lowest BCUT2D eigenvalue weighted by Crippen LogP contribution is -2.28. The molecule has 0 N–H and O–H groups in total. The van der Waals surface area contributed by atoms with Crippen LogP contribution in [0.1, 0.15) is 11.1 Å². The lowest BCUT2D eigenvalue weighted by atomic mass is 10.1. The van der Waals surface area contributed by atoms with Crippen LogP contribution in [-0.4, -0.2) is 42.8 Å². The predicted octanol–water partition coefficient (Wildman–Crippen LogP) is 4.88. The van der Waals surface area contributed by atoms with Crippen molar-refractivity contribution in [1.29, 1.82) is 0 Å². The van der Waals surface area contributed by atoms with E-state index in [4.69, 9.17) is 21.1 Å². The van der Waals surface area contributed by atoms with Crippen LogP contribution in [0.4, 0.5) is 9.18 Å². The number of carbonyl (C=O) groups excluding carboxylic acids is 3. The molecule has 32 heavy (non-hydrogen) atoms. The molecular weight excluding hydrogens is 576 g/mol. The molecule has 1 aliphatic rings. The summed E-state index contributed by atoms with van der Waals surface area (Å²) in [6.45, 7) is -0.561. The molecule has 0 atom stereocenters. The van der Waals surface area contributed by atoms with Crippen LogP contribution in [0.25, 0.3) is 6.08 Å². The van der Waals surface area contributed by atoms with Gasteiger partial charge in [0.25, 0.3) is 11.1 Å². The van der Waals surface area contributed by atoms with Gasteiger partial charge in [0.1, 0.15) is 5.82 Å². The van der Waals surface area contributed by atoms with E-state index in [1.54, 1.807) is 12.1 Å². The number of thioether (sulfide) groups is 1. The molecule has 168 valence electrons. The minimum atomic E-state index is -0.595. The molecule has 7 nitrogen and oxygen atoms in total. The molecule has 0 aliphatic carbocycles. The fourth-order valence-corrected chi connectivity index (χ4v) is 4.62.